The number of rotatable bonds is 21. The molecule has 0 bridgehead atoms. The van der Waals surface area contributed by atoms with E-state index in [-0.39, 0.29) is 67.1 Å². The molecule has 3 rings (SSSR count). The Balaban J connectivity index is 0. The zero-order valence-electron chi connectivity index (χ0n) is 32.1. The van der Waals surface area contributed by atoms with Gasteiger partial charge in [-0.05, 0) is 72.5 Å². The van der Waals surface area contributed by atoms with Gasteiger partial charge in [0.15, 0.2) is 0 Å². The maximum absolute atomic E-state index is 14.1. The molecule has 0 aliphatic heterocycles. The van der Waals surface area contributed by atoms with Crippen LogP contribution in [-0.2, 0) is 20.8 Å². The summed E-state index contributed by atoms with van der Waals surface area (Å²) < 4.78 is 0. The van der Waals surface area contributed by atoms with Crippen LogP contribution in [0.4, 0.5) is 0 Å². The van der Waals surface area contributed by atoms with E-state index in [1.807, 2.05) is 70.2 Å². The first-order valence-electron chi connectivity index (χ1n) is 18.0. The van der Waals surface area contributed by atoms with Crippen molar-refractivity contribution in [2.24, 2.45) is 17.6 Å². The number of aliphatic hydroxyl groups excluding tert-OH is 2. The highest BCUT2D eigenvalue weighted by Crippen LogP contribution is 2.21. The van der Waals surface area contributed by atoms with Crippen LogP contribution in [0.15, 0.2) is 67.0 Å². The van der Waals surface area contributed by atoms with Crippen LogP contribution in [0.5, 0.6) is 0 Å². The SMILES string of the molecule is CC(C)C[C@H](NC(=O)[C@H](Cc1cccc2ccccc12)NC(=O)c1cccnc1)C(=O)N[C@@H](CC(C)C)[C@@H](O)CC(=O)N[C@H](CO)CCCCN.Cl.Cl.O.O. The third-order valence-electron chi connectivity index (χ3n) is 8.69. The van der Waals surface area contributed by atoms with Crippen molar-refractivity contribution in [3.05, 3.63) is 78.1 Å². The molecule has 12 N–H and O–H groups in total. The van der Waals surface area contributed by atoms with Gasteiger partial charge in [-0.25, -0.2) is 0 Å². The lowest BCUT2D eigenvalue weighted by atomic mass is 9.95. The maximum Gasteiger partial charge on any atom is 0.253 e. The Morgan fingerprint density at radius 3 is 2.05 bits per heavy atom. The summed E-state index contributed by atoms with van der Waals surface area (Å²) in [5.74, 6) is -1.87. The molecule has 14 nitrogen and oxygen atoms in total. The summed E-state index contributed by atoms with van der Waals surface area (Å²) >= 11 is 0. The molecule has 5 atom stereocenters. The van der Waals surface area contributed by atoms with E-state index in [1.165, 1.54) is 6.20 Å². The zero-order valence-corrected chi connectivity index (χ0v) is 33.8. The van der Waals surface area contributed by atoms with Crippen molar-refractivity contribution in [1.82, 2.24) is 26.3 Å². The van der Waals surface area contributed by atoms with E-state index in [2.05, 4.69) is 26.3 Å². The van der Waals surface area contributed by atoms with Gasteiger partial charge in [0.05, 0.1) is 36.8 Å². The summed E-state index contributed by atoms with van der Waals surface area (Å²) in [6.45, 7) is 8.03. The number of nitrogens with one attached hydrogen (secondary N) is 4. The Morgan fingerprint density at radius 1 is 0.782 bits per heavy atom. The highest BCUT2D eigenvalue weighted by atomic mass is 35.5. The number of carbonyl (C=O) groups excluding carboxylic acids is 4. The number of nitrogens with zero attached hydrogens (tertiary/aromatic N) is 1. The standard InChI is InChI=1S/C39H56N6O6.2ClH.2H2O/c1-25(2)19-32(35(47)22-36(48)42-30(24-46)15-7-8-17-40)43-38(50)33(20-26(3)4)45-39(51)34(44-37(49)29-14-10-18-41-23-29)21-28-13-9-12-27-11-5-6-16-31(27)28;;;;/h5-6,9-14,16,18,23,25-26,30,32-35,46-47H,7-8,15,17,19-22,24,40H2,1-4H3,(H,42,48)(H,43,50)(H,44,49)(H,45,51);2*1H;2*1H2/t30-,32-,33-,34-,35-;;;;/m0..../s1. The lowest BCUT2D eigenvalue weighted by molar-refractivity contribution is -0.131. The van der Waals surface area contributed by atoms with Gasteiger partial charge in [0.1, 0.15) is 12.1 Å². The summed E-state index contributed by atoms with van der Waals surface area (Å²) in [6.07, 6.45) is 4.40. The maximum atomic E-state index is 14.1. The first-order chi connectivity index (χ1) is 24.4. The number of hydrogen-bond acceptors (Lipinski definition) is 8. The number of aromatic nitrogens is 1. The molecule has 310 valence electrons. The minimum absolute atomic E-state index is 0. The summed E-state index contributed by atoms with van der Waals surface area (Å²) in [7, 11) is 0. The zero-order chi connectivity index (χ0) is 37.3. The van der Waals surface area contributed by atoms with Gasteiger partial charge in [0.25, 0.3) is 5.91 Å². The fraction of sp³-hybridized carbons (Fsp3) is 0.513. The molecule has 1 heterocycles. The molecular formula is C39H62Cl2N6O8. The van der Waals surface area contributed by atoms with Crippen LogP contribution in [0, 0.1) is 11.8 Å². The first kappa shape index (κ1) is 53.2. The quantitative estimate of drug-likeness (QED) is 0.0783. The van der Waals surface area contributed by atoms with Crippen LogP contribution in [-0.4, -0.2) is 93.2 Å². The normalized spacial score (nSPS) is 13.3. The fourth-order valence-electron chi connectivity index (χ4n) is 6.08. The lowest BCUT2D eigenvalue weighted by Crippen LogP contribution is -2.57. The van der Waals surface area contributed by atoms with E-state index in [1.54, 1.807) is 18.3 Å². The average Bonchev–Trinajstić information content (AvgIpc) is 3.10. The van der Waals surface area contributed by atoms with Gasteiger partial charge < -0.3 is 48.2 Å². The van der Waals surface area contributed by atoms with E-state index < -0.39 is 53.9 Å². The number of benzene rings is 2. The van der Waals surface area contributed by atoms with E-state index >= 15 is 0 Å². The third-order valence-corrected chi connectivity index (χ3v) is 8.69. The van der Waals surface area contributed by atoms with Gasteiger partial charge in [-0.15, -0.1) is 24.8 Å². The van der Waals surface area contributed by atoms with Crippen LogP contribution in [0.25, 0.3) is 10.8 Å². The predicted molar refractivity (Wildman–Crippen MR) is 220 cm³/mol. The number of hydrogen-bond donors (Lipinski definition) is 7. The van der Waals surface area contributed by atoms with Gasteiger partial charge in [0, 0.05) is 18.8 Å². The Morgan fingerprint density at radius 2 is 1.44 bits per heavy atom. The number of aliphatic hydroxyl groups is 2. The topological polar surface area (TPSA) is 259 Å². The summed E-state index contributed by atoms with van der Waals surface area (Å²) in [6, 6.07) is 13.6. The average molecular weight is 814 g/mol. The molecular weight excluding hydrogens is 751 g/mol. The Bertz CT molecular complexity index is 1560. The second-order valence-electron chi connectivity index (χ2n) is 14.0. The van der Waals surface area contributed by atoms with E-state index in [4.69, 9.17) is 5.73 Å². The number of fused-ring (bicyclic) bond motifs is 1. The Hall–Kier alpha value is -3.89. The first-order valence-corrected chi connectivity index (χ1v) is 18.0. The molecule has 1 aromatic heterocycles. The molecule has 0 aliphatic carbocycles. The van der Waals surface area contributed by atoms with E-state index in [0.717, 1.165) is 29.2 Å². The van der Waals surface area contributed by atoms with Crippen LogP contribution < -0.4 is 27.0 Å². The number of nitrogens with two attached hydrogens (primary N) is 1. The molecule has 16 heteroatoms. The van der Waals surface area contributed by atoms with Crippen LogP contribution >= 0.6 is 24.8 Å². The lowest BCUT2D eigenvalue weighted by Gasteiger charge is -2.30. The van der Waals surface area contributed by atoms with Crippen molar-refractivity contribution in [3.8, 4) is 0 Å². The minimum Gasteiger partial charge on any atom is -0.412 e. The van der Waals surface area contributed by atoms with Crippen LogP contribution in [0.2, 0.25) is 0 Å². The molecule has 3 aromatic rings. The van der Waals surface area contributed by atoms with Crippen molar-refractivity contribution in [3.63, 3.8) is 0 Å². The third kappa shape index (κ3) is 18.1. The molecule has 0 unspecified atom stereocenters. The second kappa shape index (κ2) is 27.7. The molecule has 0 saturated heterocycles. The predicted octanol–water partition coefficient (Wildman–Crippen LogP) is 2.19. The van der Waals surface area contributed by atoms with Gasteiger partial charge in [-0.3, -0.25) is 24.2 Å². The van der Waals surface area contributed by atoms with Crippen LogP contribution in [0.1, 0.15) is 82.1 Å². The van der Waals surface area contributed by atoms with Crippen molar-refractivity contribution < 1.29 is 40.3 Å². The van der Waals surface area contributed by atoms with E-state index in [9.17, 15) is 29.4 Å². The molecule has 0 aliphatic rings. The van der Waals surface area contributed by atoms with Crippen molar-refractivity contribution >= 4 is 59.2 Å². The summed E-state index contributed by atoms with van der Waals surface area (Å²) in [4.78, 5) is 58.1. The summed E-state index contributed by atoms with van der Waals surface area (Å²) in [5, 5.41) is 34.2. The molecule has 0 saturated carbocycles. The molecule has 0 fully saturated rings. The van der Waals surface area contributed by atoms with Crippen molar-refractivity contribution in [2.75, 3.05) is 13.2 Å². The van der Waals surface area contributed by atoms with Gasteiger partial charge in [0.2, 0.25) is 17.7 Å². The van der Waals surface area contributed by atoms with E-state index in [0.29, 0.717) is 31.4 Å². The Labute approximate surface area is 336 Å². The fourth-order valence-corrected chi connectivity index (χ4v) is 6.08. The summed E-state index contributed by atoms with van der Waals surface area (Å²) in [5.41, 5.74) is 6.70. The minimum atomic E-state index is -1.21. The Kier molecular flexibility index (Phi) is 26.8. The number of pyridine rings is 1. The number of halogens is 2. The number of carbonyl (C=O) groups is 4. The second-order valence-corrected chi connectivity index (χ2v) is 14.0. The molecule has 2 aromatic carbocycles. The van der Waals surface area contributed by atoms with Gasteiger partial charge in [-0.2, -0.15) is 0 Å². The molecule has 0 radical (unpaired) electrons. The molecule has 55 heavy (non-hydrogen) atoms. The number of amides is 4. The monoisotopic (exact) mass is 812 g/mol. The smallest absolute Gasteiger partial charge is 0.253 e. The van der Waals surface area contributed by atoms with Gasteiger partial charge in [-0.1, -0.05) is 76.6 Å². The molecule has 0 spiro atoms. The van der Waals surface area contributed by atoms with Crippen molar-refractivity contribution in [1.29, 1.82) is 0 Å². The highest BCUT2D eigenvalue weighted by Gasteiger charge is 2.32. The van der Waals surface area contributed by atoms with Crippen LogP contribution in [0.3, 0.4) is 0 Å². The molecule has 4 amide bonds. The van der Waals surface area contributed by atoms with Crippen molar-refractivity contribution in [2.45, 2.75) is 103 Å². The largest absolute Gasteiger partial charge is 0.412 e. The van der Waals surface area contributed by atoms with Gasteiger partial charge >= 0.3 is 0 Å². The number of unbranched alkanes of at least 4 members (excludes halogenated alkanes) is 1. The highest BCUT2D eigenvalue weighted by molar-refractivity contribution is 5.98.